The summed E-state index contributed by atoms with van der Waals surface area (Å²) < 4.78 is 58.5. The number of sulfonamides is 1. The monoisotopic (exact) mass is 273 g/mol. The number of hydrogen-bond donors (Lipinski definition) is 1. The van der Waals surface area contributed by atoms with Gasteiger partial charge < -0.3 is 0 Å². The van der Waals surface area contributed by atoms with Gasteiger partial charge in [0.15, 0.2) is 0 Å². The molecule has 0 radical (unpaired) electrons. The number of halogens is 4. The SMILES string of the molecule is O=S(=O)(NCc1ccc(Cl)cc1)C(F)(F)F. The van der Waals surface area contributed by atoms with Crippen molar-refractivity contribution in [3.8, 4) is 0 Å². The first kappa shape index (κ1) is 13.3. The Morgan fingerprint density at radius 1 is 1.19 bits per heavy atom. The highest BCUT2D eigenvalue weighted by Gasteiger charge is 2.45. The van der Waals surface area contributed by atoms with Crippen LogP contribution in [-0.4, -0.2) is 13.9 Å². The number of rotatable bonds is 3. The molecule has 3 nitrogen and oxygen atoms in total. The fourth-order valence-corrected chi connectivity index (χ4v) is 1.51. The van der Waals surface area contributed by atoms with E-state index >= 15 is 0 Å². The highest BCUT2D eigenvalue weighted by Crippen LogP contribution is 2.22. The van der Waals surface area contributed by atoms with Crippen molar-refractivity contribution in [3.05, 3.63) is 34.9 Å². The van der Waals surface area contributed by atoms with Gasteiger partial charge in [0, 0.05) is 11.6 Å². The first-order valence-electron chi connectivity index (χ1n) is 4.03. The van der Waals surface area contributed by atoms with Crippen molar-refractivity contribution >= 4 is 21.6 Å². The molecule has 0 bridgehead atoms. The fraction of sp³-hybridized carbons (Fsp3) is 0.250. The lowest BCUT2D eigenvalue weighted by Crippen LogP contribution is -2.35. The molecule has 0 spiro atoms. The second-order valence-corrected chi connectivity index (χ2v) is 5.09. The molecule has 1 aromatic rings. The van der Waals surface area contributed by atoms with E-state index in [9.17, 15) is 21.6 Å². The summed E-state index contributed by atoms with van der Waals surface area (Å²) >= 11 is 5.56. The maximum atomic E-state index is 11.9. The summed E-state index contributed by atoms with van der Waals surface area (Å²) in [4.78, 5) is 0. The van der Waals surface area contributed by atoms with E-state index in [-0.39, 0.29) is 0 Å². The minimum absolute atomic E-state index is 0.386. The van der Waals surface area contributed by atoms with Gasteiger partial charge in [0.2, 0.25) is 0 Å². The van der Waals surface area contributed by atoms with E-state index in [4.69, 9.17) is 11.6 Å². The predicted octanol–water partition coefficient (Wildman–Crippen LogP) is 2.28. The van der Waals surface area contributed by atoms with Gasteiger partial charge in [-0.15, -0.1) is 0 Å². The molecule has 0 saturated heterocycles. The van der Waals surface area contributed by atoms with Gasteiger partial charge in [0.05, 0.1) is 0 Å². The third-order valence-corrected chi connectivity index (χ3v) is 3.07. The number of hydrogen-bond acceptors (Lipinski definition) is 2. The predicted molar refractivity (Wildman–Crippen MR) is 53.3 cm³/mol. The first-order valence-corrected chi connectivity index (χ1v) is 5.89. The van der Waals surface area contributed by atoms with Crippen molar-refractivity contribution in [2.75, 3.05) is 0 Å². The van der Waals surface area contributed by atoms with Crippen molar-refractivity contribution in [1.82, 2.24) is 4.72 Å². The van der Waals surface area contributed by atoms with Crippen LogP contribution in [0.4, 0.5) is 13.2 Å². The standard InChI is InChI=1S/C8H7ClF3NO2S/c9-7-3-1-6(2-4-7)5-13-16(14,15)8(10,11)12/h1-4,13H,5H2. The minimum Gasteiger partial charge on any atom is -0.203 e. The lowest BCUT2D eigenvalue weighted by Gasteiger charge is -2.09. The van der Waals surface area contributed by atoms with Crippen LogP contribution in [0.5, 0.6) is 0 Å². The smallest absolute Gasteiger partial charge is 0.203 e. The Kier molecular flexibility index (Phi) is 3.82. The van der Waals surface area contributed by atoms with E-state index in [1.54, 1.807) is 0 Å². The van der Waals surface area contributed by atoms with Crippen LogP contribution in [0.25, 0.3) is 0 Å². The van der Waals surface area contributed by atoms with E-state index in [1.807, 2.05) is 0 Å². The number of alkyl halides is 3. The van der Waals surface area contributed by atoms with Gasteiger partial charge >= 0.3 is 15.5 Å². The third kappa shape index (κ3) is 3.36. The molecule has 1 N–H and O–H groups in total. The van der Waals surface area contributed by atoms with Crippen molar-refractivity contribution in [2.24, 2.45) is 0 Å². The van der Waals surface area contributed by atoms with Crippen molar-refractivity contribution in [2.45, 2.75) is 12.1 Å². The quantitative estimate of drug-likeness (QED) is 0.918. The molecule has 0 aromatic heterocycles. The molecule has 0 unspecified atom stereocenters. The Bertz CT molecular complexity index is 455. The summed E-state index contributed by atoms with van der Waals surface area (Å²) in [5.41, 5.74) is -4.91. The summed E-state index contributed by atoms with van der Waals surface area (Å²) in [7, 11) is -5.29. The van der Waals surface area contributed by atoms with Gasteiger partial charge in [-0.3, -0.25) is 0 Å². The highest BCUT2D eigenvalue weighted by atomic mass is 35.5. The van der Waals surface area contributed by atoms with Gasteiger partial charge in [0.1, 0.15) is 0 Å². The average molecular weight is 274 g/mol. The maximum Gasteiger partial charge on any atom is 0.511 e. The third-order valence-electron chi connectivity index (χ3n) is 1.68. The summed E-state index contributed by atoms with van der Waals surface area (Å²) in [6.45, 7) is -0.432. The first-order chi connectivity index (χ1) is 7.22. The molecule has 0 fully saturated rings. The molecule has 0 amide bonds. The largest absolute Gasteiger partial charge is 0.511 e. The second-order valence-electron chi connectivity index (χ2n) is 2.90. The molecule has 0 saturated carbocycles. The van der Waals surface area contributed by atoms with Crippen LogP contribution in [0.3, 0.4) is 0 Å². The van der Waals surface area contributed by atoms with Crippen LogP contribution in [-0.2, 0) is 16.6 Å². The summed E-state index contributed by atoms with van der Waals surface area (Å²) in [6.07, 6.45) is 0. The number of nitrogens with one attached hydrogen (secondary N) is 1. The van der Waals surface area contributed by atoms with E-state index in [0.29, 0.717) is 10.6 Å². The molecular formula is C8H7ClF3NO2S. The van der Waals surface area contributed by atoms with Crippen molar-refractivity contribution in [3.63, 3.8) is 0 Å². The summed E-state index contributed by atoms with van der Waals surface area (Å²) in [5, 5.41) is 0.419. The van der Waals surface area contributed by atoms with E-state index < -0.39 is 22.1 Å². The van der Waals surface area contributed by atoms with Gasteiger partial charge in [-0.25, -0.2) is 13.1 Å². The molecule has 0 atom stereocenters. The Hall–Kier alpha value is -0.790. The van der Waals surface area contributed by atoms with Gasteiger partial charge in [-0.05, 0) is 17.7 Å². The zero-order chi connectivity index (χ0) is 12.4. The lowest BCUT2D eigenvalue weighted by atomic mass is 10.2. The molecule has 0 aliphatic heterocycles. The van der Waals surface area contributed by atoms with Crippen LogP contribution in [0, 0.1) is 0 Å². The molecule has 90 valence electrons. The van der Waals surface area contributed by atoms with Gasteiger partial charge in [-0.1, -0.05) is 23.7 Å². The Morgan fingerprint density at radius 3 is 2.12 bits per heavy atom. The second kappa shape index (κ2) is 4.60. The van der Waals surface area contributed by atoms with Crippen LogP contribution >= 0.6 is 11.6 Å². The Morgan fingerprint density at radius 2 is 1.69 bits per heavy atom. The highest BCUT2D eigenvalue weighted by molar-refractivity contribution is 7.90. The normalized spacial score (nSPS) is 12.8. The Balaban J connectivity index is 2.69. The van der Waals surface area contributed by atoms with Gasteiger partial charge in [0.25, 0.3) is 0 Å². The molecule has 0 heterocycles. The summed E-state index contributed by atoms with van der Waals surface area (Å²) in [5.74, 6) is 0. The van der Waals surface area contributed by atoms with Crippen LogP contribution < -0.4 is 4.72 Å². The van der Waals surface area contributed by atoms with Crippen LogP contribution in [0.1, 0.15) is 5.56 Å². The average Bonchev–Trinajstić information content (AvgIpc) is 2.15. The summed E-state index contributed by atoms with van der Waals surface area (Å²) in [6, 6.07) is 5.78. The molecule has 1 rings (SSSR count). The van der Waals surface area contributed by atoms with E-state index in [0.717, 1.165) is 0 Å². The fourth-order valence-electron chi connectivity index (χ4n) is 0.862. The molecule has 0 aliphatic carbocycles. The minimum atomic E-state index is -5.29. The molecular weight excluding hydrogens is 267 g/mol. The molecule has 0 aliphatic rings. The van der Waals surface area contributed by atoms with Crippen molar-refractivity contribution < 1.29 is 21.6 Å². The lowest BCUT2D eigenvalue weighted by molar-refractivity contribution is -0.0448. The van der Waals surface area contributed by atoms with Crippen LogP contribution in [0.2, 0.25) is 5.02 Å². The Labute approximate surface area is 95.3 Å². The molecule has 16 heavy (non-hydrogen) atoms. The zero-order valence-corrected chi connectivity index (χ0v) is 9.33. The molecule has 8 heteroatoms. The zero-order valence-electron chi connectivity index (χ0n) is 7.75. The van der Waals surface area contributed by atoms with Crippen molar-refractivity contribution in [1.29, 1.82) is 0 Å². The maximum absolute atomic E-state index is 11.9. The topological polar surface area (TPSA) is 46.2 Å². The molecule has 1 aromatic carbocycles. The van der Waals surface area contributed by atoms with E-state index in [1.165, 1.54) is 29.0 Å². The van der Waals surface area contributed by atoms with Gasteiger partial charge in [-0.2, -0.15) is 13.2 Å². The van der Waals surface area contributed by atoms with E-state index in [2.05, 4.69) is 0 Å². The van der Waals surface area contributed by atoms with Crippen LogP contribution in [0.15, 0.2) is 24.3 Å². The number of benzene rings is 1.